The Bertz CT molecular complexity index is 3350. The molecule has 11 rings (SSSR count). The van der Waals surface area contributed by atoms with Crippen LogP contribution in [-0.4, -0.2) is 6.71 Å². The molecule has 348 valence electrons. The van der Waals surface area contributed by atoms with Crippen molar-refractivity contribution in [2.24, 2.45) is 0 Å². The molecular weight excluding hydrogens is 836 g/mol. The van der Waals surface area contributed by atoms with Gasteiger partial charge in [0.15, 0.2) is 0 Å². The molecule has 2 aliphatic heterocycles. The van der Waals surface area contributed by atoms with Crippen LogP contribution in [0.25, 0.3) is 33.2 Å². The van der Waals surface area contributed by atoms with Crippen LogP contribution in [0.2, 0.25) is 0 Å². The maximum Gasteiger partial charge on any atom is 0.297 e. The minimum atomic E-state index is -0.150. The fraction of sp³-hybridized carbons (Fsp3) is 0.323. The van der Waals surface area contributed by atoms with E-state index in [1.165, 1.54) is 89.3 Å². The van der Waals surface area contributed by atoms with Crippen molar-refractivity contribution in [1.29, 1.82) is 0 Å². The van der Waals surface area contributed by atoms with Crippen LogP contribution in [-0.2, 0) is 27.1 Å². The predicted molar refractivity (Wildman–Crippen MR) is 297 cm³/mol. The van der Waals surface area contributed by atoms with Crippen molar-refractivity contribution in [3.05, 3.63) is 173 Å². The number of rotatable bonds is 4. The van der Waals surface area contributed by atoms with Gasteiger partial charge in [0.25, 0.3) is 6.71 Å². The standard InChI is InChI=1S/C65H69BN2O/c1-40-34-55-58-56(35-40)68(54-39-51-50(64(11,12)32-33-65(51,13)14)38-49(54)47-23-19-18-22-46(47)41-20-16-15-17-21-41)53-31-27-43(62(5,6)7)36-52(53)66(58)60-59(48-30-26-44(63(8,9)10)37-57(48)69-60)67(55)45-28-24-42(25-29-45)61(2,3)4/h15-31,34-39H,32-33H2,1-14H3. The third-order valence-corrected chi connectivity index (χ3v) is 16.0. The molecular formula is C65H69BN2O. The summed E-state index contributed by atoms with van der Waals surface area (Å²) in [6.07, 6.45) is 2.28. The van der Waals surface area contributed by atoms with Gasteiger partial charge in [0.05, 0.1) is 17.0 Å². The molecule has 0 saturated heterocycles. The molecule has 7 aromatic carbocycles. The minimum Gasteiger partial charge on any atom is -0.468 e. The normalized spacial score (nSPS) is 16.0. The summed E-state index contributed by atoms with van der Waals surface area (Å²) in [6.45, 7) is 32.8. The van der Waals surface area contributed by atoms with Crippen LogP contribution in [0.5, 0.6) is 0 Å². The number of benzene rings is 7. The van der Waals surface area contributed by atoms with Crippen LogP contribution in [0.15, 0.2) is 144 Å². The lowest BCUT2D eigenvalue weighted by Crippen LogP contribution is -2.61. The third kappa shape index (κ3) is 7.30. The van der Waals surface area contributed by atoms with Crippen LogP contribution < -0.4 is 26.4 Å². The lowest BCUT2D eigenvalue weighted by atomic mass is 9.35. The highest BCUT2D eigenvalue weighted by Gasteiger charge is 2.48. The molecule has 3 nitrogen and oxygen atoms in total. The Kier molecular flexibility index (Phi) is 10.1. The van der Waals surface area contributed by atoms with Gasteiger partial charge in [-0.3, -0.25) is 0 Å². The molecule has 1 aliphatic carbocycles. The monoisotopic (exact) mass is 905 g/mol. The fourth-order valence-corrected chi connectivity index (χ4v) is 11.8. The van der Waals surface area contributed by atoms with Gasteiger partial charge in [0.2, 0.25) is 0 Å². The Labute approximate surface area is 412 Å². The van der Waals surface area contributed by atoms with Gasteiger partial charge in [-0.15, -0.1) is 0 Å². The number of aryl methyl sites for hydroxylation is 1. The summed E-state index contributed by atoms with van der Waals surface area (Å²) >= 11 is 0. The second kappa shape index (κ2) is 15.4. The highest BCUT2D eigenvalue weighted by atomic mass is 16.3. The van der Waals surface area contributed by atoms with E-state index in [0.717, 1.165) is 40.8 Å². The Balaban J connectivity index is 1.28. The van der Waals surface area contributed by atoms with Gasteiger partial charge in [-0.25, -0.2) is 0 Å². The van der Waals surface area contributed by atoms with Crippen LogP contribution in [0.4, 0.5) is 34.1 Å². The first kappa shape index (κ1) is 45.2. The van der Waals surface area contributed by atoms with E-state index in [0.29, 0.717) is 0 Å². The van der Waals surface area contributed by atoms with Crippen LogP contribution >= 0.6 is 0 Å². The van der Waals surface area contributed by atoms with Crippen molar-refractivity contribution in [3.63, 3.8) is 0 Å². The van der Waals surface area contributed by atoms with Crippen LogP contribution in [0, 0.1) is 6.92 Å². The minimum absolute atomic E-state index is 0.00847. The van der Waals surface area contributed by atoms with Crippen LogP contribution in [0.3, 0.4) is 0 Å². The Morgan fingerprint density at radius 2 is 1.04 bits per heavy atom. The van der Waals surface area contributed by atoms with Crippen molar-refractivity contribution in [2.45, 2.75) is 137 Å². The number of anilines is 6. The van der Waals surface area contributed by atoms with Gasteiger partial charge in [-0.05, 0) is 162 Å². The summed E-state index contributed by atoms with van der Waals surface area (Å²) in [7, 11) is 0. The average Bonchev–Trinajstić information content (AvgIpc) is 3.68. The zero-order valence-electron chi connectivity index (χ0n) is 43.6. The quantitative estimate of drug-likeness (QED) is 0.164. The molecule has 0 fully saturated rings. The number of hydrogen-bond donors (Lipinski definition) is 0. The summed E-state index contributed by atoms with van der Waals surface area (Å²) < 4.78 is 7.48. The summed E-state index contributed by atoms with van der Waals surface area (Å²) in [5.41, 5.74) is 24.5. The Morgan fingerprint density at radius 3 is 1.68 bits per heavy atom. The van der Waals surface area contributed by atoms with Gasteiger partial charge >= 0.3 is 0 Å². The summed E-state index contributed by atoms with van der Waals surface area (Å²) in [4.78, 5) is 5.19. The van der Waals surface area contributed by atoms with E-state index in [9.17, 15) is 0 Å². The maximum absolute atomic E-state index is 7.48. The van der Waals surface area contributed by atoms with Crippen molar-refractivity contribution < 1.29 is 4.42 Å². The number of nitrogens with zero attached hydrogens (tertiary/aromatic N) is 2. The SMILES string of the molecule is Cc1cc2c3c(c1)N(c1ccc(C(C)(C)C)cc1)c1c(oc4cc(C(C)(C)C)ccc14)B3c1cc(C(C)(C)C)ccc1N2c1cc2c(cc1-c1ccccc1-c1ccccc1)C(C)(C)CCC2(C)C. The van der Waals surface area contributed by atoms with Gasteiger partial charge < -0.3 is 14.2 Å². The largest absolute Gasteiger partial charge is 0.468 e. The van der Waals surface area contributed by atoms with E-state index >= 15 is 0 Å². The molecule has 1 aromatic heterocycles. The fourth-order valence-electron chi connectivity index (χ4n) is 11.8. The zero-order chi connectivity index (χ0) is 48.7. The lowest BCUT2D eigenvalue weighted by Gasteiger charge is -2.46. The summed E-state index contributed by atoms with van der Waals surface area (Å²) in [5, 5.41) is 1.14. The van der Waals surface area contributed by atoms with Crippen LogP contribution in [0.1, 0.15) is 136 Å². The van der Waals surface area contributed by atoms with E-state index in [4.69, 9.17) is 4.42 Å². The topological polar surface area (TPSA) is 19.6 Å². The summed E-state index contributed by atoms with van der Waals surface area (Å²) in [6, 6.07) is 53.8. The molecule has 0 N–H and O–H groups in total. The van der Waals surface area contributed by atoms with E-state index in [1.54, 1.807) is 0 Å². The average molecular weight is 905 g/mol. The molecule has 3 heterocycles. The molecule has 0 spiro atoms. The Morgan fingerprint density at radius 1 is 0.493 bits per heavy atom. The number of fused-ring (bicyclic) bond motifs is 7. The molecule has 0 unspecified atom stereocenters. The van der Waals surface area contributed by atoms with E-state index in [2.05, 4.69) is 246 Å². The van der Waals surface area contributed by atoms with E-state index in [1.807, 2.05) is 0 Å². The second-order valence-corrected chi connectivity index (χ2v) is 25.0. The first-order chi connectivity index (χ1) is 32.5. The highest BCUT2D eigenvalue weighted by molar-refractivity contribution is 7.00. The van der Waals surface area contributed by atoms with Crippen molar-refractivity contribution in [1.82, 2.24) is 0 Å². The molecule has 69 heavy (non-hydrogen) atoms. The Hall–Kier alpha value is -6.26. The number of hydrogen-bond acceptors (Lipinski definition) is 3. The first-order valence-electron chi connectivity index (χ1n) is 25.4. The molecule has 8 aromatic rings. The van der Waals surface area contributed by atoms with Gasteiger partial charge in [0, 0.05) is 33.7 Å². The molecule has 0 bridgehead atoms. The predicted octanol–water partition coefficient (Wildman–Crippen LogP) is 16.4. The molecule has 0 atom stereocenters. The van der Waals surface area contributed by atoms with Crippen molar-refractivity contribution >= 4 is 68.4 Å². The molecule has 0 amide bonds. The van der Waals surface area contributed by atoms with Gasteiger partial charge in [-0.2, -0.15) is 0 Å². The van der Waals surface area contributed by atoms with Crippen molar-refractivity contribution in [3.8, 4) is 22.3 Å². The first-order valence-corrected chi connectivity index (χ1v) is 25.4. The van der Waals surface area contributed by atoms with Gasteiger partial charge in [0.1, 0.15) is 5.58 Å². The highest BCUT2D eigenvalue weighted by Crippen LogP contribution is 2.54. The third-order valence-electron chi connectivity index (χ3n) is 16.0. The number of furan rings is 1. The molecule has 0 saturated carbocycles. The summed E-state index contributed by atoms with van der Waals surface area (Å²) in [5.74, 6) is 0. The maximum atomic E-state index is 7.48. The van der Waals surface area contributed by atoms with E-state index < -0.39 is 0 Å². The zero-order valence-corrected chi connectivity index (χ0v) is 43.6. The molecule has 3 aliphatic rings. The van der Waals surface area contributed by atoms with E-state index in [-0.39, 0.29) is 33.8 Å². The second-order valence-electron chi connectivity index (χ2n) is 25.0. The molecule has 4 heteroatoms. The van der Waals surface area contributed by atoms with Gasteiger partial charge in [-0.1, -0.05) is 175 Å². The lowest BCUT2D eigenvalue weighted by molar-refractivity contribution is 0.332. The van der Waals surface area contributed by atoms with Crippen molar-refractivity contribution in [2.75, 3.05) is 9.80 Å². The molecule has 0 radical (unpaired) electrons. The smallest absolute Gasteiger partial charge is 0.297 e.